The van der Waals surface area contributed by atoms with Crippen LogP contribution in [-0.4, -0.2) is 43.5 Å². The van der Waals surface area contributed by atoms with Gasteiger partial charge in [0.15, 0.2) is 0 Å². The zero-order valence-corrected chi connectivity index (χ0v) is 18.1. The molecule has 0 aliphatic rings. The smallest absolute Gasteiger partial charge is 0.759 e. The van der Waals surface area contributed by atoms with Gasteiger partial charge >= 0.3 is 120 Å². The second-order valence-electron chi connectivity index (χ2n) is 1.36. The summed E-state index contributed by atoms with van der Waals surface area (Å²) in [7, 11) is -15.8. The fourth-order valence-electron chi connectivity index (χ4n) is 0.0680. The number of hydrogen-bond donors (Lipinski definition) is 0. The van der Waals surface area contributed by atoms with Gasteiger partial charge in [-0.1, -0.05) is 0 Å². The van der Waals surface area contributed by atoms with Crippen LogP contribution in [0.3, 0.4) is 0 Å². The first kappa shape index (κ1) is 33.1. The molecule has 0 aliphatic carbocycles. The summed E-state index contributed by atoms with van der Waals surface area (Å²) in [5.41, 5.74) is 0. The van der Waals surface area contributed by atoms with E-state index in [2.05, 4.69) is 8.67 Å². The molecule has 1 radical (unpaired) electrons. The third-order valence-corrected chi connectivity index (χ3v) is 0.750. The maximum Gasteiger partial charge on any atom is 2.00 e. The molecule has 0 unspecified atom stereocenters. The fraction of sp³-hybridized carbons (Fsp3) is 0. The molecule has 12 nitrogen and oxygen atoms in total. The molecule has 0 N–H and O–H groups in total. The van der Waals surface area contributed by atoms with E-state index >= 15 is 0 Å². The summed E-state index contributed by atoms with van der Waals surface area (Å²) in [5.74, 6) is 0. The topological polar surface area (TPSA) is 213 Å². The monoisotopic (exact) mass is 429 g/mol. The van der Waals surface area contributed by atoms with Gasteiger partial charge in [-0.05, 0) is 0 Å². The molecule has 18 heteroatoms. The van der Waals surface area contributed by atoms with Gasteiger partial charge in [0.05, 0.1) is 0 Å². The summed E-state index contributed by atoms with van der Waals surface area (Å²) in [6, 6.07) is 0. The summed E-state index contributed by atoms with van der Waals surface area (Å²) >= 11 is 0. The molecule has 0 aromatic carbocycles. The molecule has 18 heavy (non-hydrogen) atoms. The van der Waals surface area contributed by atoms with E-state index in [0.29, 0.717) is 0 Å². The first-order valence-corrected chi connectivity index (χ1v) is 6.17. The quantitative estimate of drug-likeness (QED) is 0.134. The molecular weight excluding hydrogens is 430 g/mol. The van der Waals surface area contributed by atoms with E-state index in [1.165, 1.54) is 0 Å². The Morgan fingerprint density at radius 2 is 0.722 bits per heavy atom. The molecule has 0 aromatic rings. The first-order chi connectivity index (χ1) is 6.21. The molecule has 0 saturated carbocycles. The van der Waals surface area contributed by atoms with Crippen LogP contribution in [0, 0.1) is 0 Å². The molecule has 0 heterocycles. The van der Waals surface area contributed by atoms with Crippen molar-refractivity contribution in [1.29, 1.82) is 0 Å². The maximum absolute atomic E-state index is 9.37. The van der Waals surface area contributed by atoms with Crippen molar-refractivity contribution in [3.63, 3.8) is 0 Å². The minimum absolute atomic E-state index is 0. The van der Waals surface area contributed by atoms with Crippen LogP contribution < -0.4 is 103 Å². The standard InChI is InChI=1S/Cu.2K.H2O8S2.H2O4S/c;;;1-9(2,3)7-8-10(4,5)6;1-5(2,3)4/h;;;(H,1,2,3)(H,4,5,6);(H2,1,2,3,4)/q+2;2*+1;;/p-4. The van der Waals surface area contributed by atoms with Crippen molar-refractivity contribution < 1.29 is 172 Å². The predicted molar refractivity (Wildman–Crippen MR) is 32.0 cm³/mol. The molecule has 0 amide bonds. The van der Waals surface area contributed by atoms with Gasteiger partial charge in [-0.15, -0.1) is 8.67 Å². The van der Waals surface area contributed by atoms with Crippen LogP contribution in [0.1, 0.15) is 0 Å². The molecule has 0 rings (SSSR count). The Kier molecular flexibility index (Phi) is 25.8. The molecule has 0 fully saturated rings. The largest absolute Gasteiger partial charge is 2.00 e. The fourth-order valence-corrected chi connectivity index (χ4v) is 0.612. The Balaban J connectivity index is -0.0000000621. The number of hydrogen-bond acceptors (Lipinski definition) is 12. The Hall–Kier alpha value is 3.40. The third kappa shape index (κ3) is 60.7. The zero-order valence-electron chi connectivity index (χ0n) is 8.43. The van der Waals surface area contributed by atoms with Gasteiger partial charge in [-0.2, -0.15) is 0 Å². The van der Waals surface area contributed by atoms with Crippen molar-refractivity contribution in [2.75, 3.05) is 0 Å². The van der Waals surface area contributed by atoms with Gasteiger partial charge in [0.25, 0.3) is 0 Å². The van der Waals surface area contributed by atoms with Crippen LogP contribution in [0.25, 0.3) is 0 Å². The van der Waals surface area contributed by atoms with Gasteiger partial charge in [0.2, 0.25) is 20.8 Å². The van der Waals surface area contributed by atoms with E-state index in [1.807, 2.05) is 0 Å². The zero-order chi connectivity index (χ0) is 12.9. The van der Waals surface area contributed by atoms with Crippen molar-refractivity contribution >= 4 is 31.2 Å². The second kappa shape index (κ2) is 14.0. The molecule has 0 aliphatic heterocycles. The SMILES string of the molecule is O=S(=O)([O-])OOS(=O)(=O)[O-].O=S(=O)([O-])[O-].[Cu+2].[K+].[K+]. The molecule has 0 spiro atoms. The average molecular weight is 430 g/mol. The normalized spacial score (nSPS) is 10.7. The summed E-state index contributed by atoms with van der Waals surface area (Å²) < 4.78 is 95.5. The van der Waals surface area contributed by atoms with Gasteiger partial charge in [-0.3, -0.25) is 8.42 Å². The van der Waals surface area contributed by atoms with Crippen molar-refractivity contribution in [3.05, 3.63) is 0 Å². The molecule has 103 valence electrons. The van der Waals surface area contributed by atoms with Crippen molar-refractivity contribution in [2.24, 2.45) is 0 Å². The van der Waals surface area contributed by atoms with Crippen LogP contribution in [0.5, 0.6) is 0 Å². The van der Waals surface area contributed by atoms with Crippen molar-refractivity contribution in [1.82, 2.24) is 0 Å². The Bertz CT molecular complexity index is 429. The van der Waals surface area contributed by atoms with Gasteiger partial charge in [0, 0.05) is 10.4 Å². The second-order valence-corrected chi connectivity index (χ2v) is 4.08. The summed E-state index contributed by atoms with van der Waals surface area (Å²) in [5, 5.41) is 0. The van der Waals surface area contributed by atoms with Crippen LogP contribution >= 0.6 is 0 Å². The van der Waals surface area contributed by atoms with Crippen LogP contribution in [0.2, 0.25) is 0 Å². The molecule has 0 atom stereocenters. The molecule has 0 aromatic heterocycles. The molecule has 0 bridgehead atoms. The maximum atomic E-state index is 9.37. The van der Waals surface area contributed by atoms with E-state index < -0.39 is 31.2 Å². The molecular formula is CuK2O12S3. The van der Waals surface area contributed by atoms with E-state index in [0.717, 1.165) is 0 Å². The van der Waals surface area contributed by atoms with E-state index in [9.17, 15) is 25.9 Å². The number of rotatable bonds is 3. The van der Waals surface area contributed by atoms with Gasteiger partial charge in [0.1, 0.15) is 0 Å². The van der Waals surface area contributed by atoms with Gasteiger partial charge < -0.3 is 18.2 Å². The average Bonchev–Trinajstić information content (AvgIpc) is 1.76. The van der Waals surface area contributed by atoms with Crippen LogP contribution in [0.4, 0.5) is 0 Å². The van der Waals surface area contributed by atoms with Gasteiger partial charge in [-0.25, -0.2) is 16.8 Å². The molecule has 0 saturated heterocycles. The van der Waals surface area contributed by atoms with Crippen molar-refractivity contribution in [3.8, 4) is 0 Å². The third-order valence-electron chi connectivity index (χ3n) is 0.194. The Morgan fingerprint density at radius 1 is 0.611 bits per heavy atom. The predicted octanol–water partition coefficient (Wildman–Crippen LogP) is -9.48. The minimum atomic E-state index is -5.31. The van der Waals surface area contributed by atoms with Crippen LogP contribution in [-0.2, 0) is 56.9 Å². The summed E-state index contributed by atoms with van der Waals surface area (Å²) in [6.45, 7) is 0. The Morgan fingerprint density at radius 3 is 0.778 bits per heavy atom. The van der Waals surface area contributed by atoms with E-state index in [-0.39, 0.29) is 120 Å². The Labute approximate surface area is 198 Å². The van der Waals surface area contributed by atoms with E-state index in [4.69, 9.17) is 17.5 Å². The minimum Gasteiger partial charge on any atom is -0.759 e. The van der Waals surface area contributed by atoms with Crippen molar-refractivity contribution in [2.45, 2.75) is 0 Å². The van der Waals surface area contributed by atoms with Crippen LogP contribution in [0.15, 0.2) is 0 Å². The summed E-state index contributed by atoms with van der Waals surface area (Å²) in [4.78, 5) is 0. The summed E-state index contributed by atoms with van der Waals surface area (Å²) in [6.07, 6.45) is 0. The first-order valence-electron chi connectivity index (χ1n) is 2.17. The van der Waals surface area contributed by atoms with E-state index in [1.54, 1.807) is 0 Å².